The molecule has 1 unspecified atom stereocenters. The van der Waals surface area contributed by atoms with Crippen molar-refractivity contribution in [3.63, 3.8) is 0 Å². The molecule has 2 aliphatic heterocycles. The summed E-state index contributed by atoms with van der Waals surface area (Å²) in [6.45, 7) is 0.712. The molecule has 1 atom stereocenters. The van der Waals surface area contributed by atoms with Gasteiger partial charge in [-0.15, -0.1) is 0 Å². The fraction of sp³-hybridized carbons (Fsp3) is 0.667. The van der Waals surface area contributed by atoms with Gasteiger partial charge in [0.05, 0.1) is 17.2 Å². The summed E-state index contributed by atoms with van der Waals surface area (Å²) in [5.41, 5.74) is -0.443. The minimum Gasteiger partial charge on any atom is -0.311 e. The molecule has 0 radical (unpaired) electrons. The number of fused-ring (bicyclic) bond motifs is 1. The van der Waals surface area contributed by atoms with Crippen LogP contribution in [0.15, 0.2) is 0 Å². The maximum atomic E-state index is 13.2. The number of alkyl halides is 3. The van der Waals surface area contributed by atoms with Crippen molar-refractivity contribution in [3.8, 4) is 0 Å². The zero-order valence-corrected chi connectivity index (χ0v) is 11.9. The smallest absolute Gasteiger partial charge is 0.311 e. The molecule has 116 valence electrons. The molecule has 0 saturated carbocycles. The molecule has 5 nitrogen and oxygen atoms in total. The lowest BCUT2D eigenvalue weighted by Crippen LogP contribution is -2.29. The number of sulfone groups is 1. The summed E-state index contributed by atoms with van der Waals surface area (Å²) in [6.07, 6.45) is -4.03. The second kappa shape index (κ2) is 4.91. The van der Waals surface area contributed by atoms with E-state index in [-0.39, 0.29) is 42.3 Å². The summed E-state index contributed by atoms with van der Waals surface area (Å²) in [5, 5.41) is 2.98. The molecule has 0 aromatic carbocycles. The first-order chi connectivity index (χ1) is 9.76. The third-order valence-corrected chi connectivity index (χ3v) is 5.59. The van der Waals surface area contributed by atoms with Crippen LogP contribution in [0.5, 0.6) is 0 Å². The highest BCUT2D eigenvalue weighted by Gasteiger charge is 2.40. The van der Waals surface area contributed by atoms with Crippen LogP contribution in [0.2, 0.25) is 0 Å². The highest BCUT2D eigenvalue weighted by atomic mass is 32.2. The molecule has 0 spiro atoms. The van der Waals surface area contributed by atoms with E-state index < -0.39 is 27.6 Å². The van der Waals surface area contributed by atoms with Gasteiger partial charge in [-0.1, -0.05) is 0 Å². The molecule has 0 bridgehead atoms. The predicted octanol–water partition coefficient (Wildman–Crippen LogP) is 1.04. The summed E-state index contributed by atoms with van der Waals surface area (Å²) >= 11 is 0. The molecule has 3 rings (SSSR count). The van der Waals surface area contributed by atoms with Gasteiger partial charge in [-0.3, -0.25) is 0 Å². The number of hydrogen-bond acceptors (Lipinski definition) is 5. The first-order valence-corrected chi connectivity index (χ1v) is 8.46. The topological polar surface area (TPSA) is 72.0 Å². The molecule has 0 amide bonds. The number of aromatic nitrogens is 2. The van der Waals surface area contributed by atoms with Gasteiger partial charge >= 0.3 is 6.18 Å². The van der Waals surface area contributed by atoms with Crippen LogP contribution >= 0.6 is 0 Å². The molecule has 9 heteroatoms. The van der Waals surface area contributed by atoms with Crippen LogP contribution < -0.4 is 5.32 Å². The van der Waals surface area contributed by atoms with Crippen molar-refractivity contribution in [2.75, 3.05) is 18.1 Å². The first-order valence-electron chi connectivity index (χ1n) is 6.64. The largest absolute Gasteiger partial charge is 0.433 e. The van der Waals surface area contributed by atoms with Gasteiger partial charge in [-0.2, -0.15) is 13.2 Å². The van der Waals surface area contributed by atoms with Gasteiger partial charge in [0.25, 0.3) is 0 Å². The van der Waals surface area contributed by atoms with Crippen molar-refractivity contribution in [1.29, 1.82) is 0 Å². The van der Waals surface area contributed by atoms with Gasteiger partial charge in [0, 0.05) is 18.0 Å². The zero-order valence-electron chi connectivity index (χ0n) is 11.1. The van der Waals surface area contributed by atoms with E-state index in [1.807, 2.05) is 0 Å². The predicted molar refractivity (Wildman–Crippen MR) is 68.5 cm³/mol. The fourth-order valence-electron chi connectivity index (χ4n) is 2.79. The van der Waals surface area contributed by atoms with E-state index in [0.29, 0.717) is 12.2 Å². The third kappa shape index (κ3) is 2.89. The molecule has 1 aromatic heterocycles. The van der Waals surface area contributed by atoms with Crippen molar-refractivity contribution in [1.82, 2.24) is 15.3 Å². The van der Waals surface area contributed by atoms with Gasteiger partial charge in [0.1, 0.15) is 5.82 Å². The number of hydrogen-bond donors (Lipinski definition) is 1. The Morgan fingerprint density at radius 3 is 2.62 bits per heavy atom. The van der Waals surface area contributed by atoms with Gasteiger partial charge in [0.15, 0.2) is 15.5 Å². The molecule has 1 N–H and O–H groups in total. The van der Waals surface area contributed by atoms with Crippen LogP contribution in [0.25, 0.3) is 0 Å². The van der Waals surface area contributed by atoms with Crippen LogP contribution in [0, 0.1) is 0 Å². The Labute approximate surface area is 119 Å². The SMILES string of the molecule is O=S1(=O)CCC(c2nc3c(c(C(F)(F)F)n2)CCNC3)C1. The molecule has 0 aliphatic carbocycles. The number of nitrogens with zero attached hydrogens (tertiary/aromatic N) is 2. The maximum Gasteiger partial charge on any atom is 0.433 e. The van der Waals surface area contributed by atoms with Gasteiger partial charge < -0.3 is 5.32 Å². The Balaban J connectivity index is 2.07. The highest BCUT2D eigenvalue weighted by Crippen LogP contribution is 2.35. The molecule has 2 aliphatic rings. The summed E-state index contributed by atoms with van der Waals surface area (Å²) in [5.74, 6) is -0.719. The van der Waals surface area contributed by atoms with Gasteiger partial charge in [-0.25, -0.2) is 18.4 Å². The van der Waals surface area contributed by atoms with Crippen LogP contribution in [0.3, 0.4) is 0 Å². The zero-order chi connectivity index (χ0) is 15.3. The average Bonchev–Trinajstić information content (AvgIpc) is 2.77. The minimum atomic E-state index is -4.55. The second-order valence-corrected chi connectivity index (χ2v) is 7.61. The molecular weight excluding hydrogens is 307 g/mol. The Kier molecular flexibility index (Phi) is 3.44. The molecule has 3 heterocycles. The molecule has 21 heavy (non-hydrogen) atoms. The molecule has 1 aromatic rings. The Morgan fingerprint density at radius 1 is 1.24 bits per heavy atom. The number of halogens is 3. The minimum absolute atomic E-state index is 0.00542. The van der Waals surface area contributed by atoms with Crippen LogP contribution in [-0.4, -0.2) is 36.4 Å². The maximum absolute atomic E-state index is 13.2. The quantitative estimate of drug-likeness (QED) is 0.837. The highest BCUT2D eigenvalue weighted by molar-refractivity contribution is 7.91. The van der Waals surface area contributed by atoms with E-state index in [0.717, 1.165) is 0 Å². The van der Waals surface area contributed by atoms with E-state index in [1.165, 1.54) is 0 Å². The second-order valence-electron chi connectivity index (χ2n) is 5.38. The van der Waals surface area contributed by atoms with Crippen molar-refractivity contribution < 1.29 is 21.6 Å². The van der Waals surface area contributed by atoms with Crippen molar-refractivity contribution >= 4 is 9.84 Å². The van der Waals surface area contributed by atoms with E-state index in [4.69, 9.17) is 0 Å². The standard InChI is InChI=1S/C12H14F3N3O2S/c13-12(14,15)10-8-1-3-16-5-9(8)17-11(18-10)7-2-4-21(19,20)6-7/h7,16H,1-6H2. The number of rotatable bonds is 1. The summed E-state index contributed by atoms with van der Waals surface area (Å²) in [4.78, 5) is 7.87. The van der Waals surface area contributed by atoms with Gasteiger partial charge in [0.2, 0.25) is 0 Å². The van der Waals surface area contributed by atoms with Gasteiger partial charge in [-0.05, 0) is 19.4 Å². The molecular formula is C12H14F3N3O2S. The van der Waals surface area contributed by atoms with Crippen molar-refractivity contribution in [3.05, 3.63) is 22.8 Å². The van der Waals surface area contributed by atoms with Crippen LogP contribution in [-0.2, 0) is 29.0 Å². The van der Waals surface area contributed by atoms with Crippen molar-refractivity contribution in [2.24, 2.45) is 0 Å². The average molecular weight is 321 g/mol. The Hall–Kier alpha value is -1.22. The first kappa shape index (κ1) is 14.7. The lowest BCUT2D eigenvalue weighted by atomic mass is 10.0. The van der Waals surface area contributed by atoms with Crippen LogP contribution in [0.1, 0.15) is 35.1 Å². The van der Waals surface area contributed by atoms with E-state index in [2.05, 4.69) is 15.3 Å². The van der Waals surface area contributed by atoms with E-state index in [9.17, 15) is 21.6 Å². The lowest BCUT2D eigenvalue weighted by Gasteiger charge is -2.22. The summed E-state index contributed by atoms with van der Waals surface area (Å²) < 4.78 is 62.5. The fourth-order valence-corrected chi connectivity index (χ4v) is 4.53. The Morgan fingerprint density at radius 2 is 2.00 bits per heavy atom. The van der Waals surface area contributed by atoms with E-state index in [1.54, 1.807) is 0 Å². The van der Waals surface area contributed by atoms with Crippen molar-refractivity contribution in [2.45, 2.75) is 31.5 Å². The molecule has 1 saturated heterocycles. The number of nitrogens with one attached hydrogen (secondary N) is 1. The lowest BCUT2D eigenvalue weighted by molar-refractivity contribution is -0.142. The summed E-state index contributed by atoms with van der Waals surface area (Å²) in [6, 6.07) is 0. The Bertz CT molecular complexity index is 673. The van der Waals surface area contributed by atoms with Crippen LogP contribution in [0.4, 0.5) is 13.2 Å². The third-order valence-electron chi connectivity index (χ3n) is 3.82. The summed E-state index contributed by atoms with van der Waals surface area (Å²) in [7, 11) is -3.19. The van der Waals surface area contributed by atoms with E-state index >= 15 is 0 Å². The monoisotopic (exact) mass is 321 g/mol. The normalized spacial score (nSPS) is 24.8. The molecule has 1 fully saturated rings.